The molecule has 0 heterocycles. The fraction of sp³-hybridized carbons (Fsp3) is 0.923. The Morgan fingerprint density at radius 3 is 2.44 bits per heavy atom. The fourth-order valence-corrected chi connectivity index (χ4v) is 2.74. The molecule has 0 bridgehead atoms. The first-order chi connectivity index (χ1) is 7.41. The SMILES string of the molecule is CCC1CCCCC1N(C)C(C)(C)C(=O)O. The highest BCUT2D eigenvalue weighted by atomic mass is 16.4. The quantitative estimate of drug-likeness (QED) is 0.803. The Hall–Kier alpha value is -0.570. The van der Waals surface area contributed by atoms with Gasteiger partial charge in [-0.1, -0.05) is 26.2 Å². The minimum absolute atomic E-state index is 0.435. The van der Waals surface area contributed by atoms with Crippen molar-refractivity contribution in [3.63, 3.8) is 0 Å². The zero-order valence-electron chi connectivity index (χ0n) is 11.0. The molecule has 1 saturated carbocycles. The van der Waals surface area contributed by atoms with Gasteiger partial charge in [0, 0.05) is 6.04 Å². The van der Waals surface area contributed by atoms with Crippen molar-refractivity contribution in [2.24, 2.45) is 5.92 Å². The second-order valence-corrected chi connectivity index (χ2v) is 5.50. The van der Waals surface area contributed by atoms with E-state index in [0.29, 0.717) is 12.0 Å². The third kappa shape index (κ3) is 2.57. The summed E-state index contributed by atoms with van der Waals surface area (Å²) in [6.07, 6.45) is 6.09. The molecular weight excluding hydrogens is 202 g/mol. The fourth-order valence-electron chi connectivity index (χ4n) is 2.74. The lowest BCUT2D eigenvalue weighted by Crippen LogP contribution is -2.55. The predicted molar refractivity (Wildman–Crippen MR) is 65.5 cm³/mol. The zero-order valence-corrected chi connectivity index (χ0v) is 11.0. The van der Waals surface area contributed by atoms with Crippen LogP contribution in [0.5, 0.6) is 0 Å². The van der Waals surface area contributed by atoms with Crippen LogP contribution in [-0.2, 0) is 4.79 Å². The summed E-state index contributed by atoms with van der Waals surface area (Å²) in [5.74, 6) is -0.0622. The largest absolute Gasteiger partial charge is 0.480 e. The maximum atomic E-state index is 11.3. The third-order valence-electron chi connectivity index (χ3n) is 4.30. The van der Waals surface area contributed by atoms with Crippen molar-refractivity contribution < 1.29 is 9.90 Å². The van der Waals surface area contributed by atoms with Crippen molar-refractivity contribution in [3.8, 4) is 0 Å². The molecule has 3 heteroatoms. The molecule has 0 aromatic heterocycles. The first-order valence-corrected chi connectivity index (χ1v) is 6.37. The molecule has 0 aliphatic heterocycles. The van der Waals surface area contributed by atoms with Gasteiger partial charge < -0.3 is 5.11 Å². The molecule has 1 N–H and O–H groups in total. The van der Waals surface area contributed by atoms with Crippen LogP contribution in [0.2, 0.25) is 0 Å². The normalized spacial score (nSPS) is 27.1. The molecule has 0 amide bonds. The van der Waals surface area contributed by atoms with E-state index in [1.165, 1.54) is 19.3 Å². The van der Waals surface area contributed by atoms with Crippen LogP contribution in [0.1, 0.15) is 52.9 Å². The molecule has 0 saturated heterocycles. The Bertz CT molecular complexity index is 250. The average Bonchev–Trinajstić information content (AvgIpc) is 2.27. The van der Waals surface area contributed by atoms with Crippen LogP contribution in [0.25, 0.3) is 0 Å². The number of nitrogens with zero attached hydrogens (tertiary/aromatic N) is 1. The lowest BCUT2D eigenvalue weighted by molar-refractivity contribution is -0.151. The van der Waals surface area contributed by atoms with Crippen molar-refractivity contribution >= 4 is 5.97 Å². The molecule has 0 aromatic carbocycles. The summed E-state index contributed by atoms with van der Waals surface area (Å²) >= 11 is 0. The van der Waals surface area contributed by atoms with Crippen molar-refractivity contribution in [1.82, 2.24) is 4.90 Å². The standard InChI is InChI=1S/C13H25NO2/c1-5-10-8-6-7-9-11(10)14(4)13(2,3)12(15)16/h10-11H,5-9H2,1-4H3,(H,15,16). The molecule has 1 fully saturated rings. The van der Waals surface area contributed by atoms with E-state index < -0.39 is 11.5 Å². The molecule has 0 spiro atoms. The Morgan fingerprint density at radius 1 is 1.38 bits per heavy atom. The Labute approximate surface area is 98.8 Å². The summed E-state index contributed by atoms with van der Waals surface area (Å²) in [4.78, 5) is 13.3. The molecule has 1 aliphatic carbocycles. The number of carboxylic acids is 1. The number of carboxylic acid groups (broad SMARTS) is 1. The van der Waals surface area contributed by atoms with E-state index in [0.717, 1.165) is 12.8 Å². The molecule has 0 aromatic rings. The highest BCUT2D eigenvalue weighted by Crippen LogP contribution is 2.33. The number of rotatable bonds is 4. The minimum atomic E-state index is -0.755. The maximum absolute atomic E-state index is 11.3. The van der Waals surface area contributed by atoms with E-state index in [1.807, 2.05) is 7.05 Å². The van der Waals surface area contributed by atoms with Gasteiger partial charge >= 0.3 is 5.97 Å². The van der Waals surface area contributed by atoms with E-state index in [9.17, 15) is 9.90 Å². The number of hydrogen-bond donors (Lipinski definition) is 1. The van der Waals surface area contributed by atoms with Gasteiger partial charge in [-0.15, -0.1) is 0 Å². The van der Waals surface area contributed by atoms with Gasteiger partial charge in [0.25, 0.3) is 0 Å². The number of carbonyl (C=O) groups is 1. The molecule has 1 rings (SSSR count). The smallest absolute Gasteiger partial charge is 0.323 e. The summed E-state index contributed by atoms with van der Waals surface area (Å²) in [6.45, 7) is 5.82. The van der Waals surface area contributed by atoms with Crippen molar-refractivity contribution in [2.75, 3.05) is 7.05 Å². The Balaban J connectivity index is 2.77. The van der Waals surface area contributed by atoms with Crippen LogP contribution >= 0.6 is 0 Å². The van der Waals surface area contributed by atoms with Gasteiger partial charge in [-0.2, -0.15) is 0 Å². The van der Waals surface area contributed by atoms with E-state index in [2.05, 4.69) is 11.8 Å². The van der Waals surface area contributed by atoms with Gasteiger partial charge in [-0.25, -0.2) is 0 Å². The minimum Gasteiger partial charge on any atom is -0.480 e. The van der Waals surface area contributed by atoms with Crippen LogP contribution in [0.4, 0.5) is 0 Å². The highest BCUT2D eigenvalue weighted by Gasteiger charge is 2.39. The molecular formula is C13H25NO2. The lowest BCUT2D eigenvalue weighted by atomic mass is 9.80. The topological polar surface area (TPSA) is 40.5 Å². The van der Waals surface area contributed by atoms with E-state index in [1.54, 1.807) is 13.8 Å². The van der Waals surface area contributed by atoms with Gasteiger partial charge in [0.15, 0.2) is 0 Å². The molecule has 94 valence electrons. The first kappa shape index (κ1) is 13.5. The zero-order chi connectivity index (χ0) is 12.3. The van der Waals surface area contributed by atoms with Crippen molar-refractivity contribution in [3.05, 3.63) is 0 Å². The van der Waals surface area contributed by atoms with Gasteiger partial charge in [0.2, 0.25) is 0 Å². The van der Waals surface area contributed by atoms with Gasteiger partial charge in [-0.05, 0) is 39.7 Å². The average molecular weight is 227 g/mol. The van der Waals surface area contributed by atoms with Crippen LogP contribution in [0, 0.1) is 5.92 Å². The van der Waals surface area contributed by atoms with Gasteiger partial charge in [0.1, 0.15) is 5.54 Å². The Morgan fingerprint density at radius 2 is 1.94 bits per heavy atom. The summed E-state index contributed by atoms with van der Waals surface area (Å²) in [6, 6.07) is 0.435. The van der Waals surface area contributed by atoms with E-state index >= 15 is 0 Å². The van der Waals surface area contributed by atoms with E-state index in [-0.39, 0.29) is 0 Å². The lowest BCUT2D eigenvalue weighted by Gasteiger charge is -2.44. The van der Waals surface area contributed by atoms with Crippen LogP contribution in [0.3, 0.4) is 0 Å². The molecule has 2 atom stereocenters. The molecule has 3 nitrogen and oxygen atoms in total. The summed E-state index contributed by atoms with van der Waals surface area (Å²) in [7, 11) is 1.97. The predicted octanol–water partition coefficient (Wildman–Crippen LogP) is 2.75. The summed E-state index contributed by atoms with van der Waals surface area (Å²) < 4.78 is 0. The molecule has 16 heavy (non-hydrogen) atoms. The number of hydrogen-bond acceptors (Lipinski definition) is 2. The Kier molecular flexibility index (Phi) is 4.36. The van der Waals surface area contributed by atoms with Crippen LogP contribution in [-0.4, -0.2) is 34.6 Å². The van der Waals surface area contributed by atoms with Gasteiger partial charge in [-0.3, -0.25) is 9.69 Å². The first-order valence-electron chi connectivity index (χ1n) is 6.37. The van der Waals surface area contributed by atoms with Crippen molar-refractivity contribution in [2.45, 2.75) is 64.5 Å². The summed E-state index contributed by atoms with van der Waals surface area (Å²) in [5.41, 5.74) is -0.755. The number of aliphatic carboxylic acids is 1. The molecule has 1 aliphatic rings. The maximum Gasteiger partial charge on any atom is 0.323 e. The number of likely N-dealkylation sites (N-methyl/N-ethyl adjacent to an activating group) is 1. The third-order valence-corrected chi connectivity index (χ3v) is 4.30. The molecule has 2 unspecified atom stereocenters. The second kappa shape index (κ2) is 5.17. The monoisotopic (exact) mass is 227 g/mol. The molecule has 0 radical (unpaired) electrons. The van der Waals surface area contributed by atoms with Crippen LogP contribution < -0.4 is 0 Å². The second-order valence-electron chi connectivity index (χ2n) is 5.50. The van der Waals surface area contributed by atoms with Gasteiger partial charge in [0.05, 0.1) is 0 Å². The van der Waals surface area contributed by atoms with Crippen LogP contribution in [0.15, 0.2) is 0 Å². The highest BCUT2D eigenvalue weighted by molar-refractivity contribution is 5.77. The summed E-state index contributed by atoms with van der Waals surface area (Å²) in [5, 5.41) is 9.26. The van der Waals surface area contributed by atoms with Crippen molar-refractivity contribution in [1.29, 1.82) is 0 Å². The van der Waals surface area contributed by atoms with E-state index in [4.69, 9.17) is 0 Å².